The molecular formula is C23H25FN2O4. The van der Waals surface area contributed by atoms with Crippen LogP contribution in [0.15, 0.2) is 36.5 Å². The molecule has 1 aromatic heterocycles. The van der Waals surface area contributed by atoms with Crippen molar-refractivity contribution in [2.75, 3.05) is 19.7 Å². The molecule has 1 aromatic carbocycles. The van der Waals surface area contributed by atoms with Crippen LogP contribution in [-0.4, -0.2) is 47.2 Å². The molecule has 30 heavy (non-hydrogen) atoms. The molecule has 0 radical (unpaired) electrons. The number of hydrogen-bond acceptors (Lipinski definition) is 4. The fourth-order valence-corrected chi connectivity index (χ4v) is 4.50. The van der Waals surface area contributed by atoms with E-state index in [0.717, 1.165) is 38.8 Å². The summed E-state index contributed by atoms with van der Waals surface area (Å²) in [6, 6.07) is 7.54. The summed E-state index contributed by atoms with van der Waals surface area (Å²) in [5.74, 6) is -1.40. The van der Waals surface area contributed by atoms with Crippen molar-refractivity contribution in [1.29, 1.82) is 0 Å². The van der Waals surface area contributed by atoms with E-state index in [9.17, 15) is 18.8 Å². The van der Waals surface area contributed by atoms with E-state index in [0.29, 0.717) is 29.7 Å². The predicted octanol–water partition coefficient (Wildman–Crippen LogP) is 3.63. The molecule has 0 spiro atoms. The molecule has 2 aromatic rings. The van der Waals surface area contributed by atoms with Gasteiger partial charge in [-0.05, 0) is 49.4 Å². The van der Waals surface area contributed by atoms with E-state index in [1.165, 1.54) is 24.4 Å². The molecule has 1 aliphatic carbocycles. The van der Waals surface area contributed by atoms with Crippen molar-refractivity contribution in [3.8, 4) is 0 Å². The Morgan fingerprint density at radius 2 is 1.80 bits per heavy atom. The number of hydrogen-bond donors (Lipinski definition) is 1. The second-order valence-electron chi connectivity index (χ2n) is 8.10. The summed E-state index contributed by atoms with van der Waals surface area (Å²) >= 11 is 0. The topological polar surface area (TPSA) is 79.5 Å². The summed E-state index contributed by atoms with van der Waals surface area (Å²) in [6.45, 7) is 1.03. The molecule has 2 heterocycles. The highest BCUT2D eigenvalue weighted by molar-refractivity contribution is 6.01. The standard InChI is InChI=1S/C23H25FN2O4/c24-18-7-5-6-17(13-18)23(8-1-2-9-23)22(29)30-15-20(27)16-12-19(25-14-16)21(28)26-10-3-4-11-26/h5-7,12-14,25H,1-4,8-11,15H2. The van der Waals surface area contributed by atoms with Crippen molar-refractivity contribution in [1.82, 2.24) is 9.88 Å². The zero-order valence-electron chi connectivity index (χ0n) is 16.8. The number of H-pyrrole nitrogens is 1. The molecule has 1 aliphatic heterocycles. The van der Waals surface area contributed by atoms with Gasteiger partial charge in [-0.15, -0.1) is 0 Å². The molecule has 1 N–H and O–H groups in total. The van der Waals surface area contributed by atoms with Gasteiger partial charge in [-0.25, -0.2) is 4.39 Å². The van der Waals surface area contributed by atoms with Crippen LogP contribution in [0.3, 0.4) is 0 Å². The third kappa shape index (κ3) is 3.88. The van der Waals surface area contributed by atoms with Gasteiger partial charge >= 0.3 is 5.97 Å². The van der Waals surface area contributed by atoms with Gasteiger partial charge in [0.2, 0.25) is 5.78 Å². The third-order valence-electron chi connectivity index (χ3n) is 6.19. The van der Waals surface area contributed by atoms with Crippen molar-refractivity contribution in [3.63, 3.8) is 0 Å². The van der Waals surface area contributed by atoms with Gasteiger partial charge in [0.25, 0.3) is 5.91 Å². The smallest absolute Gasteiger partial charge is 0.317 e. The minimum atomic E-state index is -0.905. The number of aromatic amines is 1. The highest BCUT2D eigenvalue weighted by Crippen LogP contribution is 2.42. The molecule has 2 aliphatic rings. The number of benzene rings is 1. The molecule has 6 nitrogen and oxygen atoms in total. The normalized spacial score (nSPS) is 17.8. The summed E-state index contributed by atoms with van der Waals surface area (Å²) < 4.78 is 19.1. The number of nitrogens with zero attached hydrogens (tertiary/aromatic N) is 1. The molecule has 1 saturated carbocycles. The van der Waals surface area contributed by atoms with Crippen LogP contribution in [0, 0.1) is 5.82 Å². The van der Waals surface area contributed by atoms with Gasteiger partial charge in [0.05, 0.1) is 5.41 Å². The zero-order valence-corrected chi connectivity index (χ0v) is 16.8. The first-order valence-corrected chi connectivity index (χ1v) is 10.4. The molecule has 7 heteroatoms. The second kappa shape index (κ2) is 8.42. The van der Waals surface area contributed by atoms with E-state index in [4.69, 9.17) is 4.74 Å². The maximum Gasteiger partial charge on any atom is 0.317 e. The van der Waals surface area contributed by atoms with Crippen LogP contribution in [0.5, 0.6) is 0 Å². The number of carbonyl (C=O) groups excluding carboxylic acids is 3. The number of likely N-dealkylation sites (tertiary alicyclic amines) is 1. The van der Waals surface area contributed by atoms with Gasteiger partial charge in [-0.1, -0.05) is 25.0 Å². The molecule has 0 atom stereocenters. The lowest BCUT2D eigenvalue weighted by Gasteiger charge is -2.27. The third-order valence-corrected chi connectivity index (χ3v) is 6.19. The Balaban J connectivity index is 1.42. The average molecular weight is 412 g/mol. The van der Waals surface area contributed by atoms with Crippen LogP contribution in [0.2, 0.25) is 0 Å². The number of halogens is 1. The van der Waals surface area contributed by atoms with E-state index in [1.807, 2.05) is 0 Å². The lowest BCUT2D eigenvalue weighted by molar-refractivity contribution is -0.149. The summed E-state index contributed by atoms with van der Waals surface area (Å²) in [7, 11) is 0. The van der Waals surface area contributed by atoms with Gasteiger partial charge in [0.15, 0.2) is 6.61 Å². The van der Waals surface area contributed by atoms with E-state index >= 15 is 0 Å². The Bertz CT molecular complexity index is 956. The van der Waals surface area contributed by atoms with Crippen molar-refractivity contribution >= 4 is 17.7 Å². The fourth-order valence-electron chi connectivity index (χ4n) is 4.50. The fraction of sp³-hybridized carbons (Fsp3) is 0.435. The molecule has 4 rings (SSSR count). The number of nitrogens with one attached hydrogen (secondary N) is 1. The number of rotatable bonds is 6. The van der Waals surface area contributed by atoms with Gasteiger partial charge in [-0.2, -0.15) is 0 Å². The first-order valence-electron chi connectivity index (χ1n) is 10.4. The van der Waals surface area contributed by atoms with Gasteiger partial charge in [-0.3, -0.25) is 14.4 Å². The Labute approximate surface area is 174 Å². The Morgan fingerprint density at radius 3 is 2.50 bits per heavy atom. The van der Waals surface area contributed by atoms with Crippen molar-refractivity contribution in [2.24, 2.45) is 0 Å². The highest BCUT2D eigenvalue weighted by atomic mass is 19.1. The number of aromatic nitrogens is 1. The highest BCUT2D eigenvalue weighted by Gasteiger charge is 2.44. The maximum absolute atomic E-state index is 13.7. The first-order chi connectivity index (χ1) is 14.5. The SMILES string of the molecule is O=C(COC(=O)C1(c2cccc(F)c2)CCCC1)c1c[nH]c(C(=O)N2CCCC2)c1. The Morgan fingerprint density at radius 1 is 1.07 bits per heavy atom. The minimum Gasteiger partial charge on any atom is -0.457 e. The first kappa shape index (κ1) is 20.3. The van der Waals surface area contributed by atoms with Crippen LogP contribution >= 0.6 is 0 Å². The predicted molar refractivity (Wildman–Crippen MR) is 108 cm³/mol. The van der Waals surface area contributed by atoms with Crippen molar-refractivity contribution < 1.29 is 23.5 Å². The molecular weight excluding hydrogens is 387 g/mol. The van der Waals surface area contributed by atoms with Crippen LogP contribution in [-0.2, 0) is 14.9 Å². The summed E-state index contributed by atoms with van der Waals surface area (Å²) in [5.41, 5.74) is 0.352. The van der Waals surface area contributed by atoms with Crippen LogP contribution in [0.25, 0.3) is 0 Å². The van der Waals surface area contributed by atoms with Gasteiger partial charge < -0.3 is 14.6 Å². The average Bonchev–Trinajstić information content (AvgIpc) is 3.52. The zero-order chi connectivity index (χ0) is 21.1. The van der Waals surface area contributed by atoms with E-state index in [2.05, 4.69) is 4.98 Å². The van der Waals surface area contributed by atoms with Crippen LogP contribution in [0.4, 0.5) is 4.39 Å². The summed E-state index contributed by atoms with van der Waals surface area (Å²) in [5, 5.41) is 0. The summed E-state index contributed by atoms with van der Waals surface area (Å²) in [6.07, 6.45) is 6.28. The second-order valence-corrected chi connectivity index (χ2v) is 8.10. The lowest BCUT2D eigenvalue weighted by Crippen LogP contribution is -2.36. The molecule has 1 saturated heterocycles. The number of ketones is 1. The molecule has 0 unspecified atom stereocenters. The largest absolute Gasteiger partial charge is 0.457 e. The van der Waals surface area contributed by atoms with Crippen molar-refractivity contribution in [3.05, 3.63) is 59.2 Å². The Kier molecular flexibility index (Phi) is 5.70. The number of carbonyl (C=O) groups is 3. The minimum absolute atomic E-state index is 0.125. The molecule has 158 valence electrons. The molecule has 2 fully saturated rings. The number of Topliss-reactive ketones (excluding diaryl/α,β-unsaturated/α-hetero) is 1. The van der Waals surface area contributed by atoms with E-state index < -0.39 is 23.8 Å². The van der Waals surface area contributed by atoms with Gasteiger partial charge in [0.1, 0.15) is 11.5 Å². The monoisotopic (exact) mass is 412 g/mol. The summed E-state index contributed by atoms with van der Waals surface area (Å²) in [4.78, 5) is 42.5. The van der Waals surface area contributed by atoms with E-state index in [1.54, 1.807) is 17.0 Å². The van der Waals surface area contributed by atoms with Gasteiger partial charge in [0, 0.05) is 24.8 Å². The number of esters is 1. The Hall–Kier alpha value is -2.96. The lowest BCUT2D eigenvalue weighted by atomic mass is 9.79. The maximum atomic E-state index is 13.7. The molecule has 0 bridgehead atoms. The van der Waals surface area contributed by atoms with Crippen molar-refractivity contribution in [2.45, 2.75) is 43.9 Å². The number of ether oxygens (including phenoxy) is 1. The van der Waals surface area contributed by atoms with Crippen LogP contribution < -0.4 is 0 Å². The number of amides is 1. The molecule has 1 amide bonds. The quantitative estimate of drug-likeness (QED) is 0.580. The van der Waals surface area contributed by atoms with Crippen LogP contribution in [0.1, 0.15) is 64.9 Å². The van der Waals surface area contributed by atoms with E-state index in [-0.39, 0.29) is 11.7 Å².